The Labute approximate surface area is 134 Å². The van der Waals surface area contributed by atoms with Crippen molar-refractivity contribution < 1.29 is 4.79 Å². The number of aromatic nitrogens is 2. The van der Waals surface area contributed by atoms with Gasteiger partial charge >= 0.3 is 5.24 Å². The molecule has 0 aliphatic heterocycles. The maximum Gasteiger partial charge on any atom is 0.306 e. The Morgan fingerprint density at radius 1 is 1.32 bits per heavy atom. The molecule has 0 aliphatic carbocycles. The molecule has 1 heterocycles. The van der Waals surface area contributed by atoms with Crippen LogP contribution in [0.15, 0.2) is 29.1 Å². The van der Waals surface area contributed by atoms with E-state index in [0.717, 1.165) is 22.9 Å². The molecule has 2 N–H and O–H groups in total. The smallest absolute Gasteiger partial charge is 0.306 e. The van der Waals surface area contributed by atoms with Crippen molar-refractivity contribution in [1.82, 2.24) is 9.36 Å². The van der Waals surface area contributed by atoms with Crippen LogP contribution in [0, 0.1) is 6.92 Å². The van der Waals surface area contributed by atoms with Gasteiger partial charge in [-0.2, -0.15) is 4.68 Å². The van der Waals surface area contributed by atoms with Gasteiger partial charge in [-0.05, 0) is 37.7 Å². The Kier molecular flexibility index (Phi) is 4.81. The molecule has 0 unspecified atom stereocenters. The van der Waals surface area contributed by atoms with Gasteiger partial charge in [0.1, 0.15) is 5.82 Å². The van der Waals surface area contributed by atoms with Gasteiger partial charge in [0.05, 0.1) is 5.56 Å². The van der Waals surface area contributed by atoms with Crippen molar-refractivity contribution in [3.05, 3.63) is 40.2 Å². The average molecular weight is 319 g/mol. The predicted octanol–water partition coefficient (Wildman–Crippen LogP) is 3.51. The van der Waals surface area contributed by atoms with E-state index in [2.05, 4.69) is 0 Å². The van der Waals surface area contributed by atoms with Crippen LogP contribution < -0.4 is 11.3 Å². The lowest BCUT2D eigenvalue weighted by atomic mass is 10.0. The molecule has 1 aromatic carbocycles. The molecule has 0 bridgehead atoms. The van der Waals surface area contributed by atoms with Gasteiger partial charge in [-0.3, -0.25) is 9.59 Å². The third kappa shape index (κ3) is 2.70. The minimum Gasteiger partial charge on any atom is -0.383 e. The molecule has 0 saturated carbocycles. The fourth-order valence-electron chi connectivity index (χ4n) is 2.48. The highest BCUT2D eigenvalue weighted by Gasteiger charge is 2.25. The molecule has 1 aromatic heterocycles. The van der Waals surface area contributed by atoms with E-state index >= 15 is 0 Å². The molecule has 2 aromatic rings. The maximum absolute atomic E-state index is 12.8. The molecule has 0 saturated heterocycles. The molecule has 5 nitrogen and oxygen atoms in total. The third-order valence-electron chi connectivity index (χ3n) is 3.47. The third-order valence-corrected chi connectivity index (χ3v) is 4.17. The molecule has 0 spiro atoms. The van der Waals surface area contributed by atoms with E-state index in [4.69, 9.17) is 5.73 Å². The Balaban J connectivity index is 2.78. The minimum absolute atomic E-state index is 0.158. The first kappa shape index (κ1) is 16.4. The topological polar surface area (TPSA) is 70.0 Å². The Morgan fingerprint density at radius 2 is 1.95 bits per heavy atom. The van der Waals surface area contributed by atoms with Gasteiger partial charge in [0.15, 0.2) is 0 Å². The van der Waals surface area contributed by atoms with Gasteiger partial charge < -0.3 is 5.73 Å². The largest absolute Gasteiger partial charge is 0.383 e. The molecular weight excluding hydrogens is 298 g/mol. The van der Waals surface area contributed by atoms with Crippen molar-refractivity contribution in [3.63, 3.8) is 0 Å². The Morgan fingerprint density at radius 3 is 2.50 bits per heavy atom. The van der Waals surface area contributed by atoms with E-state index in [9.17, 15) is 9.59 Å². The van der Waals surface area contributed by atoms with E-state index in [0.29, 0.717) is 11.3 Å². The zero-order chi connectivity index (χ0) is 16.4. The first-order valence-corrected chi connectivity index (χ1v) is 8.24. The predicted molar refractivity (Wildman–Crippen MR) is 92.6 cm³/mol. The highest BCUT2D eigenvalue weighted by atomic mass is 32.2. The number of carbonyl (C=O) groups is 1. The molecule has 0 aliphatic rings. The lowest BCUT2D eigenvalue weighted by molar-refractivity contribution is 0.254. The van der Waals surface area contributed by atoms with Gasteiger partial charge in [0.25, 0.3) is 5.56 Å². The number of thioether (sulfide) groups is 1. The molecular formula is C16H21N3O2S. The monoisotopic (exact) mass is 319 g/mol. The Bertz CT molecular complexity index is 759. The standard InChI is InChI=1S/C16H21N3O2S/c1-5-22-16(21)19-14(17)13(15(20)18(19)10(2)3)12-9-7-6-8-11(12)4/h6-10H,5,17H2,1-4H3. The van der Waals surface area contributed by atoms with Crippen molar-refractivity contribution in [2.24, 2.45) is 0 Å². The second-order valence-electron chi connectivity index (χ2n) is 5.33. The van der Waals surface area contributed by atoms with Gasteiger partial charge in [0, 0.05) is 6.04 Å². The van der Waals surface area contributed by atoms with Crippen LogP contribution in [0.25, 0.3) is 11.1 Å². The summed E-state index contributed by atoms with van der Waals surface area (Å²) in [4.78, 5) is 25.2. The van der Waals surface area contributed by atoms with Gasteiger partial charge in [-0.25, -0.2) is 4.68 Å². The quantitative estimate of drug-likeness (QED) is 0.940. The number of anilines is 1. The average Bonchev–Trinajstić information content (AvgIpc) is 2.71. The highest BCUT2D eigenvalue weighted by Crippen LogP contribution is 2.28. The first-order chi connectivity index (χ1) is 10.4. The van der Waals surface area contributed by atoms with Gasteiger partial charge in [-0.1, -0.05) is 43.0 Å². The summed E-state index contributed by atoms with van der Waals surface area (Å²) in [5.74, 6) is 0.835. The van der Waals surface area contributed by atoms with Crippen LogP contribution >= 0.6 is 11.8 Å². The lowest BCUT2D eigenvalue weighted by Gasteiger charge is -2.13. The SMILES string of the molecule is CCSC(=O)n1c(N)c(-c2ccccc2C)c(=O)n1C(C)C. The maximum atomic E-state index is 12.8. The van der Waals surface area contributed by atoms with Crippen molar-refractivity contribution in [3.8, 4) is 11.1 Å². The van der Waals surface area contributed by atoms with E-state index in [1.165, 1.54) is 9.36 Å². The second kappa shape index (κ2) is 6.44. The molecule has 0 amide bonds. The van der Waals surface area contributed by atoms with Crippen molar-refractivity contribution in [1.29, 1.82) is 0 Å². The molecule has 0 atom stereocenters. The summed E-state index contributed by atoms with van der Waals surface area (Å²) in [5.41, 5.74) is 8.08. The zero-order valence-electron chi connectivity index (χ0n) is 13.3. The summed E-state index contributed by atoms with van der Waals surface area (Å²) in [6.45, 7) is 7.54. The summed E-state index contributed by atoms with van der Waals surface area (Å²) >= 11 is 1.14. The number of benzene rings is 1. The van der Waals surface area contributed by atoms with Crippen molar-refractivity contribution in [2.45, 2.75) is 33.7 Å². The van der Waals surface area contributed by atoms with Crippen molar-refractivity contribution >= 4 is 22.8 Å². The van der Waals surface area contributed by atoms with Crippen LogP contribution in [0.4, 0.5) is 10.6 Å². The van der Waals surface area contributed by atoms with Crippen LogP contribution in [0.2, 0.25) is 0 Å². The molecule has 6 heteroatoms. The van der Waals surface area contributed by atoms with E-state index in [1.54, 1.807) is 0 Å². The highest BCUT2D eigenvalue weighted by molar-refractivity contribution is 8.13. The summed E-state index contributed by atoms with van der Waals surface area (Å²) in [7, 11) is 0. The summed E-state index contributed by atoms with van der Waals surface area (Å²) in [5, 5.41) is -0.231. The Hall–Kier alpha value is -1.95. The van der Waals surface area contributed by atoms with E-state index in [-0.39, 0.29) is 22.7 Å². The molecule has 2 rings (SSSR count). The normalized spacial score (nSPS) is 11.1. The van der Waals surface area contributed by atoms with Crippen LogP contribution in [0.5, 0.6) is 0 Å². The number of aryl methyl sites for hydroxylation is 1. The number of hydrogen-bond donors (Lipinski definition) is 1. The minimum atomic E-state index is -0.231. The van der Waals surface area contributed by atoms with Gasteiger partial charge in [0.2, 0.25) is 0 Å². The lowest BCUT2D eigenvalue weighted by Crippen LogP contribution is -2.28. The second-order valence-corrected chi connectivity index (χ2v) is 6.54. The number of nitrogens with zero attached hydrogens (tertiary/aromatic N) is 2. The van der Waals surface area contributed by atoms with Crippen molar-refractivity contribution in [2.75, 3.05) is 11.5 Å². The number of hydrogen-bond acceptors (Lipinski definition) is 4. The number of rotatable bonds is 3. The van der Waals surface area contributed by atoms with Gasteiger partial charge in [-0.15, -0.1) is 0 Å². The van der Waals surface area contributed by atoms with Crippen LogP contribution in [0.3, 0.4) is 0 Å². The van der Waals surface area contributed by atoms with Crippen LogP contribution in [-0.4, -0.2) is 20.4 Å². The summed E-state index contributed by atoms with van der Waals surface area (Å²) in [6, 6.07) is 7.39. The van der Waals surface area contributed by atoms with E-state index < -0.39 is 0 Å². The molecule has 118 valence electrons. The van der Waals surface area contributed by atoms with E-state index in [1.807, 2.05) is 52.0 Å². The fourth-order valence-corrected chi connectivity index (χ4v) is 3.04. The number of nitrogen functional groups attached to an aromatic ring is 1. The fraction of sp³-hybridized carbons (Fsp3) is 0.375. The summed E-state index contributed by atoms with van der Waals surface area (Å²) < 4.78 is 2.74. The molecule has 22 heavy (non-hydrogen) atoms. The molecule has 0 radical (unpaired) electrons. The number of carbonyl (C=O) groups excluding carboxylic acids is 1. The molecule has 0 fully saturated rings. The summed E-state index contributed by atoms with van der Waals surface area (Å²) in [6.07, 6.45) is 0. The first-order valence-electron chi connectivity index (χ1n) is 7.26. The number of nitrogens with two attached hydrogens (primary N) is 1. The zero-order valence-corrected chi connectivity index (χ0v) is 14.1. The van der Waals surface area contributed by atoms with Crippen LogP contribution in [0.1, 0.15) is 32.4 Å². The van der Waals surface area contributed by atoms with Crippen LogP contribution in [-0.2, 0) is 0 Å².